The molecule has 0 spiro atoms. The molecular weight excluding hydrogens is 238 g/mol. The Bertz CT molecular complexity index is 458. The van der Waals surface area contributed by atoms with Crippen LogP contribution in [-0.2, 0) is 4.74 Å². The van der Waals surface area contributed by atoms with Crippen molar-refractivity contribution < 1.29 is 14.3 Å². The first-order valence-corrected chi connectivity index (χ1v) is 5.55. The summed E-state index contributed by atoms with van der Waals surface area (Å²) in [4.78, 5) is 24.7. The third-order valence-corrected chi connectivity index (χ3v) is 2.81. The van der Waals surface area contributed by atoms with Crippen molar-refractivity contribution >= 4 is 17.8 Å². The molecule has 1 unspecified atom stereocenters. The standard InChI is InChI=1S/C10H15N5O3/c1-18-10(17)12-6-2-3-15(5-6)9(16)7-4-8(11)14-13-7/h4,6H,2-3,5H2,1H3,(H,12,17)(H3,11,13,14). The highest BCUT2D eigenvalue weighted by atomic mass is 16.5. The number of aromatic amines is 1. The number of methoxy groups -OCH3 is 1. The van der Waals surface area contributed by atoms with Crippen LogP contribution in [0.4, 0.5) is 10.6 Å². The molecule has 2 amide bonds. The smallest absolute Gasteiger partial charge is 0.407 e. The van der Waals surface area contributed by atoms with E-state index in [1.165, 1.54) is 13.2 Å². The molecule has 1 aromatic heterocycles. The zero-order valence-corrected chi connectivity index (χ0v) is 9.97. The van der Waals surface area contributed by atoms with Crippen LogP contribution in [0.5, 0.6) is 0 Å². The number of likely N-dealkylation sites (tertiary alicyclic amines) is 1. The maximum Gasteiger partial charge on any atom is 0.407 e. The van der Waals surface area contributed by atoms with E-state index in [2.05, 4.69) is 20.3 Å². The van der Waals surface area contributed by atoms with Gasteiger partial charge in [-0.05, 0) is 6.42 Å². The van der Waals surface area contributed by atoms with E-state index in [0.717, 1.165) is 0 Å². The molecule has 2 rings (SSSR count). The molecule has 0 aliphatic carbocycles. The Morgan fingerprint density at radius 2 is 2.44 bits per heavy atom. The highest BCUT2D eigenvalue weighted by molar-refractivity contribution is 5.93. The first-order valence-electron chi connectivity index (χ1n) is 5.55. The number of nitrogens with zero attached hydrogens (tertiary/aromatic N) is 2. The van der Waals surface area contributed by atoms with E-state index in [9.17, 15) is 9.59 Å². The van der Waals surface area contributed by atoms with Crippen LogP contribution >= 0.6 is 0 Å². The Labute approximate surface area is 103 Å². The molecule has 0 aromatic carbocycles. The Balaban J connectivity index is 1.92. The number of alkyl carbamates (subject to hydrolysis) is 1. The van der Waals surface area contributed by atoms with Crippen LogP contribution in [0.3, 0.4) is 0 Å². The number of nitrogens with two attached hydrogens (primary N) is 1. The van der Waals surface area contributed by atoms with Crippen LogP contribution in [0.25, 0.3) is 0 Å². The summed E-state index contributed by atoms with van der Waals surface area (Å²) in [5, 5.41) is 8.94. The molecule has 8 nitrogen and oxygen atoms in total. The van der Waals surface area contributed by atoms with Crippen molar-refractivity contribution in [1.29, 1.82) is 0 Å². The van der Waals surface area contributed by atoms with Crippen LogP contribution in [0.2, 0.25) is 0 Å². The summed E-state index contributed by atoms with van der Waals surface area (Å²) < 4.78 is 4.51. The molecule has 1 aliphatic heterocycles. The first-order chi connectivity index (χ1) is 8.60. The number of ether oxygens (including phenoxy) is 1. The van der Waals surface area contributed by atoms with Crippen LogP contribution in [0, 0.1) is 0 Å². The van der Waals surface area contributed by atoms with Gasteiger partial charge in [0.25, 0.3) is 5.91 Å². The fraction of sp³-hybridized carbons (Fsp3) is 0.500. The second kappa shape index (κ2) is 4.94. The summed E-state index contributed by atoms with van der Waals surface area (Å²) in [5.74, 6) is 0.107. The van der Waals surface area contributed by atoms with Gasteiger partial charge in [-0.25, -0.2) is 4.79 Å². The van der Waals surface area contributed by atoms with E-state index in [0.29, 0.717) is 25.2 Å². The van der Waals surface area contributed by atoms with Crippen molar-refractivity contribution in [3.05, 3.63) is 11.8 Å². The Kier molecular flexibility index (Phi) is 3.35. The molecule has 1 aliphatic rings. The number of hydrogen-bond donors (Lipinski definition) is 3. The number of carbonyl (C=O) groups excluding carboxylic acids is 2. The minimum absolute atomic E-state index is 0.0818. The minimum Gasteiger partial charge on any atom is -0.453 e. The third-order valence-electron chi connectivity index (χ3n) is 2.81. The molecule has 2 heterocycles. The monoisotopic (exact) mass is 253 g/mol. The quantitative estimate of drug-likeness (QED) is 0.661. The topological polar surface area (TPSA) is 113 Å². The number of nitrogen functional groups attached to an aromatic ring is 1. The van der Waals surface area contributed by atoms with Crippen molar-refractivity contribution in [3.63, 3.8) is 0 Å². The fourth-order valence-corrected chi connectivity index (χ4v) is 1.91. The summed E-state index contributed by atoms with van der Waals surface area (Å²) in [7, 11) is 1.31. The van der Waals surface area contributed by atoms with Crippen molar-refractivity contribution in [2.45, 2.75) is 12.5 Å². The van der Waals surface area contributed by atoms with Gasteiger partial charge in [0, 0.05) is 19.2 Å². The highest BCUT2D eigenvalue weighted by Gasteiger charge is 2.28. The van der Waals surface area contributed by atoms with E-state index in [-0.39, 0.29) is 17.8 Å². The maximum absolute atomic E-state index is 12.0. The van der Waals surface area contributed by atoms with Gasteiger partial charge in [0.1, 0.15) is 11.5 Å². The van der Waals surface area contributed by atoms with E-state index >= 15 is 0 Å². The number of carbonyl (C=O) groups is 2. The number of hydrogen-bond acceptors (Lipinski definition) is 5. The second-order valence-electron chi connectivity index (χ2n) is 4.08. The molecule has 0 radical (unpaired) electrons. The number of anilines is 1. The molecule has 98 valence electrons. The number of rotatable bonds is 2. The van der Waals surface area contributed by atoms with Gasteiger partial charge in [-0.15, -0.1) is 0 Å². The highest BCUT2D eigenvalue weighted by Crippen LogP contribution is 2.13. The maximum atomic E-state index is 12.0. The lowest BCUT2D eigenvalue weighted by atomic mass is 10.3. The summed E-state index contributed by atoms with van der Waals surface area (Å²) >= 11 is 0. The molecule has 4 N–H and O–H groups in total. The lowest BCUT2D eigenvalue weighted by Crippen LogP contribution is -2.38. The van der Waals surface area contributed by atoms with E-state index in [1.54, 1.807) is 4.90 Å². The van der Waals surface area contributed by atoms with Crippen molar-refractivity contribution in [2.75, 3.05) is 25.9 Å². The molecule has 1 aromatic rings. The van der Waals surface area contributed by atoms with Crippen LogP contribution in [-0.4, -0.2) is 53.3 Å². The van der Waals surface area contributed by atoms with Gasteiger partial charge in [0.2, 0.25) is 0 Å². The van der Waals surface area contributed by atoms with Crippen molar-refractivity contribution in [1.82, 2.24) is 20.4 Å². The van der Waals surface area contributed by atoms with Gasteiger partial charge in [-0.3, -0.25) is 9.89 Å². The van der Waals surface area contributed by atoms with Gasteiger partial charge in [-0.2, -0.15) is 5.10 Å². The Morgan fingerprint density at radius 3 is 3.06 bits per heavy atom. The third kappa shape index (κ3) is 2.53. The zero-order valence-electron chi connectivity index (χ0n) is 9.97. The first kappa shape index (κ1) is 12.2. The van der Waals surface area contributed by atoms with Crippen LogP contribution in [0.15, 0.2) is 6.07 Å². The molecule has 0 bridgehead atoms. The molecule has 1 atom stereocenters. The van der Waals surface area contributed by atoms with Gasteiger partial charge in [-0.1, -0.05) is 0 Å². The molecule has 1 fully saturated rings. The fourth-order valence-electron chi connectivity index (χ4n) is 1.91. The van der Waals surface area contributed by atoms with Gasteiger partial charge >= 0.3 is 6.09 Å². The molecule has 18 heavy (non-hydrogen) atoms. The number of nitrogens with one attached hydrogen (secondary N) is 2. The minimum atomic E-state index is -0.486. The molecule has 1 saturated heterocycles. The van der Waals surface area contributed by atoms with E-state index in [1.807, 2.05) is 0 Å². The second-order valence-corrected chi connectivity index (χ2v) is 4.08. The zero-order chi connectivity index (χ0) is 13.1. The molecule has 0 saturated carbocycles. The SMILES string of the molecule is COC(=O)NC1CCN(C(=O)c2cc(N)n[nH]2)C1. The van der Waals surface area contributed by atoms with E-state index in [4.69, 9.17) is 5.73 Å². The summed E-state index contributed by atoms with van der Waals surface area (Å²) in [5.41, 5.74) is 5.79. The van der Waals surface area contributed by atoms with Gasteiger partial charge in [0.15, 0.2) is 0 Å². The van der Waals surface area contributed by atoms with Gasteiger partial charge in [0.05, 0.1) is 13.2 Å². The van der Waals surface area contributed by atoms with Crippen molar-refractivity contribution in [3.8, 4) is 0 Å². The number of amides is 2. The predicted octanol–water partition coefficient (Wildman–Crippen LogP) is -0.438. The molecule has 8 heteroatoms. The number of H-pyrrole nitrogens is 1. The predicted molar refractivity (Wildman–Crippen MR) is 62.8 cm³/mol. The lowest BCUT2D eigenvalue weighted by Gasteiger charge is -2.15. The normalized spacial score (nSPS) is 18.7. The lowest BCUT2D eigenvalue weighted by molar-refractivity contribution is 0.0782. The number of aromatic nitrogens is 2. The van der Waals surface area contributed by atoms with Crippen LogP contribution < -0.4 is 11.1 Å². The Morgan fingerprint density at radius 1 is 1.67 bits per heavy atom. The van der Waals surface area contributed by atoms with Crippen molar-refractivity contribution in [2.24, 2.45) is 0 Å². The largest absolute Gasteiger partial charge is 0.453 e. The Hall–Kier alpha value is -2.25. The summed E-state index contributed by atoms with van der Waals surface area (Å²) in [6, 6.07) is 1.41. The van der Waals surface area contributed by atoms with E-state index < -0.39 is 6.09 Å². The molecular formula is C10H15N5O3. The summed E-state index contributed by atoms with van der Waals surface area (Å²) in [6.45, 7) is 1.03. The van der Waals surface area contributed by atoms with Gasteiger partial charge < -0.3 is 20.7 Å². The van der Waals surface area contributed by atoms with Crippen LogP contribution in [0.1, 0.15) is 16.9 Å². The average molecular weight is 253 g/mol. The average Bonchev–Trinajstić information content (AvgIpc) is 2.97. The summed E-state index contributed by atoms with van der Waals surface area (Å²) in [6.07, 6.45) is 0.213.